The van der Waals surface area contributed by atoms with Crippen LogP contribution in [0.2, 0.25) is 0 Å². The van der Waals surface area contributed by atoms with Crippen LogP contribution >= 0.6 is 0 Å². The van der Waals surface area contributed by atoms with Gasteiger partial charge in [0.15, 0.2) is 5.82 Å². The van der Waals surface area contributed by atoms with E-state index in [1.807, 2.05) is 36.0 Å². The SMILES string of the molecule is CCn1nc(-c2ccc(-c3ccnc(C4CC4)c3)cc2)nc1Nc1ccc2c(c1)CNC2=O. The van der Waals surface area contributed by atoms with Gasteiger partial charge in [-0.2, -0.15) is 4.98 Å². The fourth-order valence-corrected chi connectivity index (χ4v) is 4.26. The van der Waals surface area contributed by atoms with Crippen molar-refractivity contribution < 1.29 is 4.79 Å². The second-order valence-electron chi connectivity index (χ2n) is 8.58. The number of carbonyl (C=O) groups is 1. The lowest BCUT2D eigenvalue weighted by Crippen LogP contribution is -2.12. The van der Waals surface area contributed by atoms with E-state index in [-0.39, 0.29) is 5.91 Å². The Bertz CT molecular complexity index is 1350. The summed E-state index contributed by atoms with van der Waals surface area (Å²) in [6, 6.07) is 18.4. The van der Waals surface area contributed by atoms with Crippen molar-refractivity contribution in [1.82, 2.24) is 25.1 Å². The summed E-state index contributed by atoms with van der Waals surface area (Å²) in [5.41, 5.74) is 7.13. The third-order valence-corrected chi connectivity index (χ3v) is 6.27. The van der Waals surface area contributed by atoms with E-state index in [0.29, 0.717) is 30.8 Å². The van der Waals surface area contributed by atoms with Gasteiger partial charge in [0.2, 0.25) is 5.95 Å². The minimum Gasteiger partial charge on any atom is -0.348 e. The third kappa shape index (κ3) is 3.75. The van der Waals surface area contributed by atoms with Crippen molar-refractivity contribution in [3.05, 3.63) is 77.6 Å². The number of pyridine rings is 1. The zero-order chi connectivity index (χ0) is 22.4. The van der Waals surface area contributed by atoms with E-state index in [4.69, 9.17) is 10.1 Å². The quantitative estimate of drug-likeness (QED) is 0.449. The monoisotopic (exact) mass is 436 g/mol. The van der Waals surface area contributed by atoms with Gasteiger partial charge < -0.3 is 10.6 Å². The molecule has 1 fully saturated rings. The number of hydrogen-bond donors (Lipinski definition) is 2. The van der Waals surface area contributed by atoms with Crippen LogP contribution in [-0.4, -0.2) is 25.7 Å². The van der Waals surface area contributed by atoms with Crippen LogP contribution in [0.3, 0.4) is 0 Å². The van der Waals surface area contributed by atoms with Crippen LogP contribution in [0.25, 0.3) is 22.5 Å². The molecule has 2 aromatic carbocycles. The summed E-state index contributed by atoms with van der Waals surface area (Å²) in [5, 5.41) is 10.9. The van der Waals surface area contributed by atoms with Gasteiger partial charge in [0.25, 0.3) is 5.91 Å². The number of carbonyl (C=O) groups excluding carboxylic acids is 1. The van der Waals surface area contributed by atoms with E-state index in [0.717, 1.165) is 27.9 Å². The standard InChI is InChI=1S/C26H24N6O/c1-2-32-26(29-21-9-10-22-20(13-21)15-28-25(22)33)30-24(31-32)18-7-3-16(4-8-18)19-11-12-27-23(14-19)17-5-6-17/h3-4,7-14,17H,2,5-6,15H2,1H3,(H,28,33)(H,29,30,31). The molecule has 1 aliphatic heterocycles. The average molecular weight is 437 g/mol. The molecule has 0 unspecified atom stereocenters. The van der Waals surface area contributed by atoms with Crippen molar-refractivity contribution in [3.8, 4) is 22.5 Å². The Hall–Kier alpha value is -4.00. The normalized spacial score (nSPS) is 14.8. The molecule has 33 heavy (non-hydrogen) atoms. The smallest absolute Gasteiger partial charge is 0.251 e. The Morgan fingerprint density at radius 2 is 1.85 bits per heavy atom. The molecule has 4 aromatic rings. The molecule has 7 nitrogen and oxygen atoms in total. The third-order valence-electron chi connectivity index (χ3n) is 6.27. The van der Waals surface area contributed by atoms with Crippen LogP contribution in [0.5, 0.6) is 0 Å². The van der Waals surface area contributed by atoms with Gasteiger partial charge in [-0.25, -0.2) is 4.68 Å². The molecule has 0 spiro atoms. The maximum absolute atomic E-state index is 11.8. The van der Waals surface area contributed by atoms with Crippen molar-refractivity contribution in [2.45, 2.75) is 38.8 Å². The number of nitrogens with one attached hydrogen (secondary N) is 2. The number of benzene rings is 2. The number of amides is 1. The van der Waals surface area contributed by atoms with Crippen LogP contribution < -0.4 is 10.6 Å². The van der Waals surface area contributed by atoms with Gasteiger partial charge in [-0.05, 0) is 66.8 Å². The summed E-state index contributed by atoms with van der Waals surface area (Å²) >= 11 is 0. The molecule has 7 heteroatoms. The average Bonchev–Trinajstić information content (AvgIpc) is 3.54. The molecule has 164 valence electrons. The van der Waals surface area contributed by atoms with Gasteiger partial charge in [-0.1, -0.05) is 24.3 Å². The molecule has 0 bridgehead atoms. The zero-order valence-electron chi connectivity index (χ0n) is 18.4. The minimum atomic E-state index is -0.0189. The highest BCUT2D eigenvalue weighted by Crippen LogP contribution is 2.40. The predicted octanol–water partition coefficient (Wildman–Crippen LogP) is 4.89. The summed E-state index contributed by atoms with van der Waals surface area (Å²) in [6.07, 6.45) is 4.40. The van der Waals surface area contributed by atoms with Crippen LogP contribution in [0.4, 0.5) is 11.6 Å². The van der Waals surface area contributed by atoms with Gasteiger partial charge in [0, 0.05) is 47.7 Å². The van der Waals surface area contributed by atoms with Crippen molar-refractivity contribution in [2.24, 2.45) is 0 Å². The lowest BCUT2D eigenvalue weighted by Gasteiger charge is -2.07. The molecule has 1 saturated carbocycles. The molecular weight excluding hydrogens is 412 g/mol. The fourth-order valence-electron chi connectivity index (χ4n) is 4.26. The molecule has 2 N–H and O–H groups in total. The number of rotatable bonds is 6. The molecule has 2 aromatic heterocycles. The molecule has 0 radical (unpaired) electrons. The van der Waals surface area contributed by atoms with Crippen molar-refractivity contribution in [2.75, 3.05) is 5.32 Å². The molecule has 1 amide bonds. The van der Waals surface area contributed by atoms with Gasteiger partial charge in [-0.3, -0.25) is 9.78 Å². The minimum absolute atomic E-state index is 0.0189. The topological polar surface area (TPSA) is 84.7 Å². The van der Waals surface area contributed by atoms with Gasteiger partial charge in [0.05, 0.1) is 0 Å². The lowest BCUT2D eigenvalue weighted by atomic mass is 10.0. The van der Waals surface area contributed by atoms with Crippen LogP contribution in [0, 0.1) is 0 Å². The summed E-state index contributed by atoms with van der Waals surface area (Å²) in [6.45, 7) is 3.29. The number of anilines is 2. The van der Waals surface area contributed by atoms with Gasteiger partial charge in [0.1, 0.15) is 0 Å². The van der Waals surface area contributed by atoms with E-state index in [9.17, 15) is 4.79 Å². The molecular formula is C26H24N6O. The largest absolute Gasteiger partial charge is 0.348 e. The fraction of sp³-hybridized carbons (Fsp3) is 0.231. The van der Waals surface area contributed by atoms with E-state index < -0.39 is 0 Å². The highest BCUT2D eigenvalue weighted by Gasteiger charge is 2.25. The predicted molar refractivity (Wildman–Crippen MR) is 127 cm³/mol. The van der Waals surface area contributed by atoms with E-state index >= 15 is 0 Å². The Morgan fingerprint density at radius 3 is 2.64 bits per heavy atom. The molecule has 0 saturated heterocycles. The number of nitrogens with zero attached hydrogens (tertiary/aromatic N) is 4. The second-order valence-corrected chi connectivity index (χ2v) is 8.58. The van der Waals surface area contributed by atoms with E-state index in [1.165, 1.54) is 24.1 Å². The van der Waals surface area contributed by atoms with Crippen molar-refractivity contribution >= 4 is 17.5 Å². The Kier molecular flexibility index (Phi) is 4.68. The molecule has 3 heterocycles. The second kappa shape index (κ2) is 7.85. The molecule has 2 aliphatic rings. The lowest BCUT2D eigenvalue weighted by molar-refractivity contribution is 0.0966. The Morgan fingerprint density at radius 1 is 1.03 bits per heavy atom. The van der Waals surface area contributed by atoms with Crippen LogP contribution in [0.1, 0.15) is 47.3 Å². The number of aryl methyl sites for hydroxylation is 1. The summed E-state index contributed by atoms with van der Waals surface area (Å²) < 4.78 is 1.85. The van der Waals surface area contributed by atoms with E-state index in [1.54, 1.807) is 0 Å². The first kappa shape index (κ1) is 19.7. The number of hydrogen-bond acceptors (Lipinski definition) is 5. The van der Waals surface area contributed by atoms with E-state index in [2.05, 4.69) is 52.0 Å². The first-order valence-electron chi connectivity index (χ1n) is 11.4. The highest BCUT2D eigenvalue weighted by molar-refractivity contribution is 5.98. The maximum Gasteiger partial charge on any atom is 0.251 e. The van der Waals surface area contributed by atoms with Gasteiger partial charge in [-0.15, -0.1) is 5.10 Å². The van der Waals surface area contributed by atoms with Crippen LogP contribution in [0.15, 0.2) is 60.8 Å². The summed E-state index contributed by atoms with van der Waals surface area (Å²) in [7, 11) is 0. The number of aromatic nitrogens is 4. The summed E-state index contributed by atoms with van der Waals surface area (Å²) in [5.74, 6) is 1.98. The Balaban J connectivity index is 1.25. The summed E-state index contributed by atoms with van der Waals surface area (Å²) in [4.78, 5) is 21.1. The molecule has 6 rings (SSSR count). The van der Waals surface area contributed by atoms with Gasteiger partial charge >= 0.3 is 0 Å². The first-order chi connectivity index (χ1) is 16.2. The first-order valence-corrected chi connectivity index (χ1v) is 11.4. The number of fused-ring (bicyclic) bond motifs is 1. The molecule has 0 atom stereocenters. The zero-order valence-corrected chi connectivity index (χ0v) is 18.4. The van der Waals surface area contributed by atoms with Crippen molar-refractivity contribution in [1.29, 1.82) is 0 Å². The molecule has 1 aliphatic carbocycles. The Labute approximate surface area is 191 Å². The maximum atomic E-state index is 11.8. The highest BCUT2D eigenvalue weighted by atomic mass is 16.1. The van der Waals surface area contributed by atoms with Crippen molar-refractivity contribution in [3.63, 3.8) is 0 Å². The van der Waals surface area contributed by atoms with Crippen LogP contribution in [-0.2, 0) is 13.1 Å².